The van der Waals surface area contributed by atoms with E-state index >= 15 is 0 Å². The highest BCUT2D eigenvalue weighted by molar-refractivity contribution is 5.94. The maximum Gasteiger partial charge on any atom is 0.251 e. The topological polar surface area (TPSA) is 148 Å². The van der Waals surface area contributed by atoms with Crippen LogP contribution in [0.5, 0.6) is 0 Å². The van der Waals surface area contributed by atoms with Gasteiger partial charge in [-0.25, -0.2) is 0 Å². The van der Waals surface area contributed by atoms with Crippen LogP contribution in [0.2, 0.25) is 0 Å². The van der Waals surface area contributed by atoms with Crippen molar-refractivity contribution in [1.29, 1.82) is 0 Å². The van der Waals surface area contributed by atoms with Crippen LogP contribution in [-0.2, 0) is 22.4 Å². The average Bonchev–Trinajstić information content (AvgIpc) is 2.94. The van der Waals surface area contributed by atoms with Crippen LogP contribution in [0.25, 0.3) is 0 Å². The molecule has 3 aromatic rings. The monoisotopic (exact) mass is 536 g/mol. The lowest BCUT2D eigenvalue weighted by molar-refractivity contribution is 0.0511. The lowest BCUT2D eigenvalue weighted by Gasteiger charge is -2.13. The van der Waals surface area contributed by atoms with Crippen LogP contribution in [0.1, 0.15) is 35.3 Å². The molecule has 0 fully saturated rings. The summed E-state index contributed by atoms with van der Waals surface area (Å²) in [6.07, 6.45) is 0.860. The summed E-state index contributed by atoms with van der Waals surface area (Å²) in [4.78, 5) is 25.9. The van der Waals surface area contributed by atoms with Crippen LogP contribution in [-0.4, -0.2) is 73.0 Å². The van der Waals surface area contributed by atoms with Crippen LogP contribution < -0.4 is 27.0 Å². The third kappa shape index (κ3) is 11.6. The quantitative estimate of drug-likeness (QED) is 0.154. The van der Waals surface area contributed by atoms with Gasteiger partial charge in [-0.3, -0.25) is 4.79 Å². The highest BCUT2D eigenvalue weighted by atomic mass is 16.5. The van der Waals surface area contributed by atoms with Gasteiger partial charge in [-0.2, -0.15) is 15.0 Å². The Morgan fingerprint density at radius 3 is 2.15 bits per heavy atom. The zero-order valence-corrected chi connectivity index (χ0v) is 22.8. The van der Waals surface area contributed by atoms with Crippen molar-refractivity contribution < 1.29 is 14.3 Å². The predicted octanol–water partition coefficient (Wildman–Crippen LogP) is 2.68. The van der Waals surface area contributed by atoms with Crippen LogP contribution in [0.15, 0.2) is 54.6 Å². The molecular formula is C28H40N8O3. The SMILES string of the molecule is CC(C)Nc1nc(NCCc2ccccc2)nc(NCc2ccc(C(=O)NCCOCCOCCN)cc2)n1. The molecule has 1 heterocycles. The van der Waals surface area contributed by atoms with E-state index in [0.717, 1.165) is 12.0 Å². The number of nitrogens with two attached hydrogens (primary N) is 1. The van der Waals surface area contributed by atoms with Gasteiger partial charge in [-0.15, -0.1) is 0 Å². The van der Waals surface area contributed by atoms with E-state index in [4.69, 9.17) is 15.2 Å². The van der Waals surface area contributed by atoms with E-state index in [0.29, 0.717) is 76.0 Å². The summed E-state index contributed by atoms with van der Waals surface area (Å²) < 4.78 is 10.7. The summed E-state index contributed by atoms with van der Waals surface area (Å²) in [5, 5.41) is 12.7. The molecule has 0 unspecified atom stereocenters. The highest BCUT2D eigenvalue weighted by Crippen LogP contribution is 2.13. The molecular weight excluding hydrogens is 496 g/mol. The van der Waals surface area contributed by atoms with Gasteiger partial charge in [0.2, 0.25) is 17.8 Å². The van der Waals surface area contributed by atoms with Gasteiger partial charge in [0.15, 0.2) is 0 Å². The van der Waals surface area contributed by atoms with Gasteiger partial charge in [-0.1, -0.05) is 42.5 Å². The lowest BCUT2D eigenvalue weighted by atomic mass is 10.1. The maximum atomic E-state index is 12.4. The Morgan fingerprint density at radius 2 is 1.46 bits per heavy atom. The number of nitrogens with zero attached hydrogens (tertiary/aromatic N) is 3. The van der Waals surface area contributed by atoms with Crippen molar-refractivity contribution in [3.63, 3.8) is 0 Å². The highest BCUT2D eigenvalue weighted by Gasteiger charge is 2.09. The fourth-order valence-electron chi connectivity index (χ4n) is 3.52. The Kier molecular flexibility index (Phi) is 12.9. The Hall–Kier alpha value is -3.80. The molecule has 3 rings (SSSR count). The standard InChI is InChI=1S/C28H40N8O3/c1-21(2)33-28-35-26(31-14-12-22-6-4-3-5-7-22)34-27(36-28)32-20-23-8-10-24(11-9-23)25(37)30-15-17-39-19-18-38-16-13-29/h3-11,21H,12-20,29H2,1-2H3,(H,30,37)(H3,31,32,33,34,35,36). The minimum Gasteiger partial charge on any atom is -0.378 e. The molecule has 0 saturated heterocycles. The van der Waals surface area contributed by atoms with E-state index in [1.165, 1.54) is 5.56 Å². The van der Waals surface area contributed by atoms with E-state index in [2.05, 4.69) is 48.4 Å². The molecule has 2 aromatic carbocycles. The fraction of sp³-hybridized carbons (Fsp3) is 0.429. The van der Waals surface area contributed by atoms with Crippen LogP contribution in [0.4, 0.5) is 17.8 Å². The third-order valence-corrected chi connectivity index (χ3v) is 5.43. The molecule has 0 atom stereocenters. The van der Waals surface area contributed by atoms with Crippen molar-refractivity contribution in [3.05, 3.63) is 71.3 Å². The average molecular weight is 537 g/mol. The number of rotatable bonds is 18. The number of aromatic nitrogens is 3. The number of benzene rings is 2. The van der Waals surface area contributed by atoms with Crippen molar-refractivity contribution in [2.75, 3.05) is 62.0 Å². The minimum absolute atomic E-state index is 0.148. The summed E-state index contributed by atoms with van der Waals surface area (Å²) >= 11 is 0. The molecule has 0 radical (unpaired) electrons. The Morgan fingerprint density at radius 1 is 0.795 bits per heavy atom. The first-order chi connectivity index (χ1) is 19.0. The van der Waals surface area contributed by atoms with E-state index in [1.807, 2.05) is 44.2 Å². The first-order valence-corrected chi connectivity index (χ1v) is 13.3. The number of carbonyl (C=O) groups excluding carboxylic acids is 1. The Bertz CT molecular complexity index is 1110. The number of anilines is 3. The van der Waals surface area contributed by atoms with E-state index in [9.17, 15) is 4.79 Å². The fourth-order valence-corrected chi connectivity index (χ4v) is 3.52. The maximum absolute atomic E-state index is 12.4. The molecule has 0 saturated carbocycles. The van der Waals surface area contributed by atoms with Crippen molar-refractivity contribution in [2.24, 2.45) is 5.73 Å². The molecule has 0 bridgehead atoms. The zero-order chi connectivity index (χ0) is 27.7. The number of nitrogens with one attached hydrogen (secondary N) is 4. The van der Waals surface area contributed by atoms with Gasteiger partial charge < -0.3 is 36.5 Å². The van der Waals surface area contributed by atoms with Crippen LogP contribution in [0, 0.1) is 0 Å². The molecule has 11 nitrogen and oxygen atoms in total. The van der Waals surface area contributed by atoms with Gasteiger partial charge in [0.25, 0.3) is 5.91 Å². The van der Waals surface area contributed by atoms with Gasteiger partial charge in [0, 0.05) is 37.8 Å². The number of ether oxygens (including phenoxy) is 2. The molecule has 0 aliphatic heterocycles. The van der Waals surface area contributed by atoms with E-state index < -0.39 is 0 Å². The minimum atomic E-state index is -0.148. The lowest BCUT2D eigenvalue weighted by Crippen LogP contribution is -2.27. The molecule has 39 heavy (non-hydrogen) atoms. The second-order valence-corrected chi connectivity index (χ2v) is 9.09. The van der Waals surface area contributed by atoms with Crippen LogP contribution in [0.3, 0.4) is 0 Å². The van der Waals surface area contributed by atoms with Gasteiger partial charge in [-0.05, 0) is 43.5 Å². The second-order valence-electron chi connectivity index (χ2n) is 9.09. The predicted molar refractivity (Wildman–Crippen MR) is 154 cm³/mol. The second kappa shape index (κ2) is 16.9. The molecule has 0 spiro atoms. The van der Waals surface area contributed by atoms with Crippen molar-refractivity contribution in [1.82, 2.24) is 20.3 Å². The summed E-state index contributed by atoms with van der Waals surface area (Å²) in [6.45, 7) is 8.08. The summed E-state index contributed by atoms with van der Waals surface area (Å²) in [6, 6.07) is 17.8. The van der Waals surface area contributed by atoms with E-state index in [-0.39, 0.29) is 11.9 Å². The van der Waals surface area contributed by atoms with Gasteiger partial charge in [0.1, 0.15) is 0 Å². The Balaban J connectivity index is 1.47. The normalized spacial score (nSPS) is 10.9. The van der Waals surface area contributed by atoms with Gasteiger partial charge in [0.05, 0.1) is 26.4 Å². The number of amides is 1. The molecule has 1 aromatic heterocycles. The first-order valence-electron chi connectivity index (χ1n) is 13.3. The molecule has 0 aliphatic carbocycles. The number of hydrogen-bond acceptors (Lipinski definition) is 10. The van der Waals surface area contributed by atoms with Crippen molar-refractivity contribution >= 4 is 23.8 Å². The first kappa shape index (κ1) is 29.8. The van der Waals surface area contributed by atoms with E-state index in [1.54, 1.807) is 12.1 Å². The summed E-state index contributed by atoms with van der Waals surface area (Å²) in [5.41, 5.74) is 8.17. The molecule has 11 heteroatoms. The zero-order valence-electron chi connectivity index (χ0n) is 22.8. The number of carbonyl (C=O) groups is 1. The third-order valence-electron chi connectivity index (χ3n) is 5.43. The molecule has 6 N–H and O–H groups in total. The molecule has 1 amide bonds. The van der Waals surface area contributed by atoms with Crippen LogP contribution >= 0.6 is 0 Å². The van der Waals surface area contributed by atoms with Crippen molar-refractivity contribution in [3.8, 4) is 0 Å². The smallest absolute Gasteiger partial charge is 0.251 e. The molecule has 210 valence electrons. The summed E-state index contributed by atoms with van der Waals surface area (Å²) in [7, 11) is 0. The van der Waals surface area contributed by atoms with Crippen molar-refractivity contribution in [2.45, 2.75) is 32.9 Å². The summed E-state index contributed by atoms with van der Waals surface area (Å²) in [5.74, 6) is 1.32. The largest absolute Gasteiger partial charge is 0.378 e. The number of hydrogen-bond donors (Lipinski definition) is 5. The Labute approximate surface area is 230 Å². The molecule has 0 aliphatic rings. The van der Waals surface area contributed by atoms with Gasteiger partial charge >= 0.3 is 0 Å².